The second kappa shape index (κ2) is 5.06. The number of carbonyl (C=O) groups is 1. The number of nitrogens with one attached hydrogen (secondary N) is 1. The van der Waals surface area contributed by atoms with Gasteiger partial charge in [-0.15, -0.1) is 0 Å². The Balaban J connectivity index is 1.79. The van der Waals surface area contributed by atoms with Gasteiger partial charge in [0.15, 0.2) is 0 Å². The van der Waals surface area contributed by atoms with Gasteiger partial charge < -0.3 is 15.8 Å². The summed E-state index contributed by atoms with van der Waals surface area (Å²) in [5.41, 5.74) is 7.57. The van der Waals surface area contributed by atoms with Gasteiger partial charge in [-0.05, 0) is 24.3 Å². The van der Waals surface area contributed by atoms with Crippen LogP contribution in [0.4, 0.5) is 5.69 Å². The van der Waals surface area contributed by atoms with Gasteiger partial charge in [-0.2, -0.15) is 0 Å². The number of fused-ring (bicyclic) bond motifs is 1. The van der Waals surface area contributed by atoms with Crippen LogP contribution in [-0.4, -0.2) is 12.5 Å². The van der Waals surface area contributed by atoms with Crippen LogP contribution < -0.4 is 15.8 Å². The molecule has 0 saturated heterocycles. The van der Waals surface area contributed by atoms with Gasteiger partial charge in [0.05, 0.1) is 16.8 Å². The highest BCUT2D eigenvalue weighted by Gasteiger charge is 2.25. The zero-order valence-electron chi connectivity index (χ0n) is 10.6. The molecule has 1 amide bonds. The summed E-state index contributed by atoms with van der Waals surface area (Å²) >= 11 is 5.85. The fourth-order valence-electron chi connectivity index (χ4n) is 2.21. The number of hydrogen-bond acceptors (Lipinski definition) is 3. The van der Waals surface area contributed by atoms with Gasteiger partial charge in [0.2, 0.25) is 0 Å². The van der Waals surface area contributed by atoms with Gasteiger partial charge >= 0.3 is 0 Å². The van der Waals surface area contributed by atoms with Crippen molar-refractivity contribution in [2.24, 2.45) is 0 Å². The highest BCUT2D eigenvalue weighted by Crippen LogP contribution is 2.32. The Morgan fingerprint density at radius 1 is 1.30 bits per heavy atom. The first-order valence-corrected chi connectivity index (χ1v) is 6.60. The molecule has 102 valence electrons. The van der Waals surface area contributed by atoms with Crippen LogP contribution in [0, 0.1) is 0 Å². The fourth-order valence-corrected chi connectivity index (χ4v) is 2.33. The number of amides is 1. The predicted octanol–water partition coefficient (Wildman–Crippen LogP) is 2.79. The molecule has 3 rings (SSSR count). The first-order chi connectivity index (χ1) is 9.65. The lowest BCUT2D eigenvalue weighted by Crippen LogP contribution is -2.29. The van der Waals surface area contributed by atoms with E-state index in [0.29, 0.717) is 22.9 Å². The quantitative estimate of drug-likeness (QED) is 0.835. The zero-order valence-corrected chi connectivity index (χ0v) is 11.4. The highest BCUT2D eigenvalue weighted by atomic mass is 35.5. The summed E-state index contributed by atoms with van der Waals surface area (Å²) in [4.78, 5) is 12.2. The number of nitrogens with two attached hydrogens (primary N) is 1. The Kier molecular flexibility index (Phi) is 3.24. The molecule has 1 heterocycles. The van der Waals surface area contributed by atoms with Crippen LogP contribution in [0.2, 0.25) is 5.02 Å². The van der Waals surface area contributed by atoms with Crippen molar-refractivity contribution >= 4 is 23.2 Å². The molecule has 0 aliphatic carbocycles. The van der Waals surface area contributed by atoms with Crippen molar-refractivity contribution in [2.75, 3.05) is 12.3 Å². The first kappa shape index (κ1) is 12.8. The summed E-state index contributed by atoms with van der Waals surface area (Å²) in [6, 6.07) is 12.4. The molecule has 0 radical (unpaired) electrons. The lowest BCUT2D eigenvalue weighted by Gasteiger charge is -2.12. The molecule has 20 heavy (non-hydrogen) atoms. The Labute approximate surface area is 121 Å². The highest BCUT2D eigenvalue weighted by molar-refractivity contribution is 6.33. The maximum Gasteiger partial charge on any atom is 0.251 e. The Hall–Kier alpha value is -2.20. The topological polar surface area (TPSA) is 64.4 Å². The van der Waals surface area contributed by atoms with Crippen molar-refractivity contribution < 1.29 is 9.53 Å². The number of hydrogen-bond donors (Lipinski definition) is 2. The van der Waals surface area contributed by atoms with Gasteiger partial charge in [0.25, 0.3) is 5.91 Å². The van der Waals surface area contributed by atoms with E-state index in [-0.39, 0.29) is 11.9 Å². The van der Waals surface area contributed by atoms with Crippen LogP contribution in [0.5, 0.6) is 5.75 Å². The summed E-state index contributed by atoms with van der Waals surface area (Å²) < 4.78 is 5.53. The average Bonchev–Trinajstić information content (AvgIpc) is 2.85. The summed E-state index contributed by atoms with van der Waals surface area (Å²) in [5, 5.41) is 3.38. The Morgan fingerprint density at radius 2 is 2.10 bits per heavy atom. The van der Waals surface area contributed by atoms with Crippen molar-refractivity contribution in [3.63, 3.8) is 0 Å². The maximum absolute atomic E-state index is 12.2. The van der Waals surface area contributed by atoms with Gasteiger partial charge in [-0.25, -0.2) is 0 Å². The molecule has 3 N–H and O–H groups in total. The van der Waals surface area contributed by atoms with E-state index in [1.807, 2.05) is 24.3 Å². The molecular weight excluding hydrogens is 276 g/mol. The summed E-state index contributed by atoms with van der Waals surface area (Å²) in [7, 11) is 0. The normalized spacial score (nSPS) is 16.4. The summed E-state index contributed by atoms with van der Waals surface area (Å²) in [6.07, 6.45) is 0. The van der Waals surface area contributed by atoms with E-state index in [0.717, 1.165) is 11.3 Å². The van der Waals surface area contributed by atoms with Crippen molar-refractivity contribution in [2.45, 2.75) is 6.04 Å². The molecule has 0 aromatic heterocycles. The van der Waals surface area contributed by atoms with Crippen LogP contribution in [0.1, 0.15) is 22.0 Å². The van der Waals surface area contributed by atoms with Crippen LogP contribution in [0.3, 0.4) is 0 Å². The molecule has 0 fully saturated rings. The monoisotopic (exact) mass is 288 g/mol. The number of rotatable bonds is 2. The largest absolute Gasteiger partial charge is 0.491 e. The molecule has 1 aliphatic heterocycles. The number of halogens is 1. The zero-order chi connectivity index (χ0) is 14.1. The average molecular weight is 289 g/mol. The predicted molar refractivity (Wildman–Crippen MR) is 78.0 cm³/mol. The van der Waals surface area contributed by atoms with E-state index in [1.54, 1.807) is 18.2 Å². The Bertz CT molecular complexity index is 673. The number of para-hydroxylation sites is 1. The minimum atomic E-state index is -0.196. The maximum atomic E-state index is 12.2. The number of ether oxygens (including phenoxy) is 1. The molecule has 4 nitrogen and oxygen atoms in total. The third-order valence-electron chi connectivity index (χ3n) is 3.26. The standard InChI is InChI=1S/C15H13ClN2O2/c16-11-6-5-9(7-12(11)17)15(19)18-13-8-20-14-4-2-1-3-10(13)14/h1-7,13H,8,17H2,(H,18,19). The van der Waals surface area contributed by atoms with E-state index in [4.69, 9.17) is 22.1 Å². The van der Waals surface area contributed by atoms with Crippen LogP contribution in [-0.2, 0) is 0 Å². The lowest BCUT2D eigenvalue weighted by molar-refractivity contribution is 0.0930. The van der Waals surface area contributed by atoms with Crippen LogP contribution in [0.25, 0.3) is 0 Å². The summed E-state index contributed by atoms with van der Waals surface area (Å²) in [5.74, 6) is 0.618. The molecule has 0 spiro atoms. The molecule has 1 atom stereocenters. The summed E-state index contributed by atoms with van der Waals surface area (Å²) in [6.45, 7) is 0.439. The van der Waals surface area contributed by atoms with E-state index < -0.39 is 0 Å². The van der Waals surface area contributed by atoms with Crippen LogP contribution in [0.15, 0.2) is 42.5 Å². The third kappa shape index (κ3) is 2.30. The molecular formula is C15H13ClN2O2. The number of benzene rings is 2. The number of carbonyl (C=O) groups excluding carboxylic acids is 1. The van der Waals surface area contributed by atoms with E-state index >= 15 is 0 Å². The van der Waals surface area contributed by atoms with Crippen molar-refractivity contribution in [3.8, 4) is 5.75 Å². The van der Waals surface area contributed by atoms with Gasteiger partial charge in [0.1, 0.15) is 12.4 Å². The molecule has 0 bridgehead atoms. The fraction of sp³-hybridized carbons (Fsp3) is 0.133. The molecule has 2 aromatic carbocycles. The second-order valence-electron chi connectivity index (χ2n) is 4.61. The second-order valence-corrected chi connectivity index (χ2v) is 5.02. The van der Waals surface area contributed by atoms with Gasteiger partial charge in [-0.1, -0.05) is 29.8 Å². The van der Waals surface area contributed by atoms with E-state index in [9.17, 15) is 4.79 Å². The van der Waals surface area contributed by atoms with Crippen molar-refractivity contribution in [3.05, 3.63) is 58.6 Å². The molecule has 1 unspecified atom stereocenters. The molecule has 0 saturated carbocycles. The molecule has 1 aliphatic rings. The Morgan fingerprint density at radius 3 is 2.90 bits per heavy atom. The first-order valence-electron chi connectivity index (χ1n) is 6.23. The van der Waals surface area contributed by atoms with Gasteiger partial charge in [-0.3, -0.25) is 4.79 Å². The smallest absolute Gasteiger partial charge is 0.251 e. The lowest BCUT2D eigenvalue weighted by atomic mass is 10.1. The van der Waals surface area contributed by atoms with Crippen molar-refractivity contribution in [1.82, 2.24) is 5.32 Å². The molecule has 5 heteroatoms. The SMILES string of the molecule is Nc1cc(C(=O)NC2COc3ccccc32)ccc1Cl. The van der Waals surface area contributed by atoms with Gasteiger partial charge in [0, 0.05) is 11.1 Å². The van der Waals surface area contributed by atoms with Crippen LogP contribution >= 0.6 is 11.6 Å². The minimum absolute atomic E-state index is 0.143. The third-order valence-corrected chi connectivity index (χ3v) is 3.61. The number of nitrogen functional groups attached to an aromatic ring is 1. The van der Waals surface area contributed by atoms with E-state index in [1.165, 1.54) is 0 Å². The van der Waals surface area contributed by atoms with Crippen molar-refractivity contribution in [1.29, 1.82) is 0 Å². The van der Waals surface area contributed by atoms with E-state index in [2.05, 4.69) is 5.32 Å². The minimum Gasteiger partial charge on any atom is -0.491 e. The number of anilines is 1. The molecule has 2 aromatic rings.